The second-order valence-electron chi connectivity index (χ2n) is 4.02. The van der Waals surface area contributed by atoms with Gasteiger partial charge >= 0.3 is 0 Å². The Bertz CT molecular complexity index is 286. The highest BCUT2D eigenvalue weighted by Gasteiger charge is 2.10. The first-order valence-electron chi connectivity index (χ1n) is 5.00. The average Bonchev–Trinajstić information content (AvgIpc) is 2.07. The van der Waals surface area contributed by atoms with E-state index in [1.807, 2.05) is 6.92 Å². The highest BCUT2D eigenvalue weighted by molar-refractivity contribution is 6.20. The molecule has 1 aromatic heterocycles. The van der Waals surface area contributed by atoms with Crippen LogP contribution in [0.1, 0.15) is 31.7 Å². The summed E-state index contributed by atoms with van der Waals surface area (Å²) in [7, 11) is 0. The topological polar surface area (TPSA) is 25.8 Å². The first kappa shape index (κ1) is 11.4. The monoisotopic (exact) mass is 212 g/mol. The van der Waals surface area contributed by atoms with E-state index in [-0.39, 0.29) is 5.38 Å². The smallest absolute Gasteiger partial charge is 0.0630 e. The number of aryl methyl sites for hydroxylation is 1. The maximum Gasteiger partial charge on any atom is 0.0630 e. The van der Waals surface area contributed by atoms with Gasteiger partial charge in [0, 0.05) is 24.2 Å². The third kappa shape index (κ3) is 3.62. The maximum absolute atomic E-state index is 6.21. The molecule has 0 aromatic carbocycles. The Morgan fingerprint density at radius 1 is 1.29 bits per heavy atom. The molecule has 0 spiro atoms. The fourth-order valence-electron chi connectivity index (χ4n) is 1.44. The average molecular weight is 213 g/mol. The Hall–Kier alpha value is -0.630. The Morgan fingerprint density at radius 3 is 2.50 bits per heavy atom. The molecule has 0 aliphatic heterocycles. The summed E-state index contributed by atoms with van der Waals surface area (Å²) in [5.41, 5.74) is 2.01. The quantitative estimate of drug-likeness (QED) is 0.718. The van der Waals surface area contributed by atoms with Crippen LogP contribution in [0.15, 0.2) is 12.4 Å². The van der Waals surface area contributed by atoms with Crippen LogP contribution in [0.25, 0.3) is 0 Å². The van der Waals surface area contributed by atoms with Crippen LogP contribution in [0.3, 0.4) is 0 Å². The lowest BCUT2D eigenvalue weighted by molar-refractivity contribution is 0.557. The summed E-state index contributed by atoms with van der Waals surface area (Å²) in [5, 5.41) is 0.172. The van der Waals surface area contributed by atoms with Crippen molar-refractivity contribution in [1.29, 1.82) is 0 Å². The van der Waals surface area contributed by atoms with Gasteiger partial charge in [0.25, 0.3) is 0 Å². The van der Waals surface area contributed by atoms with Gasteiger partial charge in [-0.1, -0.05) is 13.8 Å². The summed E-state index contributed by atoms with van der Waals surface area (Å²) in [5.74, 6) is 0.634. The van der Waals surface area contributed by atoms with Gasteiger partial charge in [0.2, 0.25) is 0 Å². The Labute approximate surface area is 90.7 Å². The van der Waals surface area contributed by atoms with Crippen molar-refractivity contribution in [2.75, 3.05) is 0 Å². The molecule has 0 bridgehead atoms. The highest BCUT2D eigenvalue weighted by Crippen LogP contribution is 2.15. The predicted molar refractivity (Wildman–Crippen MR) is 59.6 cm³/mol. The molecule has 0 N–H and O–H groups in total. The van der Waals surface area contributed by atoms with Crippen LogP contribution in [-0.2, 0) is 6.42 Å². The molecule has 1 unspecified atom stereocenters. The van der Waals surface area contributed by atoms with Crippen LogP contribution in [-0.4, -0.2) is 15.3 Å². The van der Waals surface area contributed by atoms with Gasteiger partial charge in [-0.15, -0.1) is 11.6 Å². The summed E-state index contributed by atoms with van der Waals surface area (Å²) >= 11 is 6.21. The van der Waals surface area contributed by atoms with Crippen molar-refractivity contribution in [2.45, 2.75) is 39.0 Å². The minimum atomic E-state index is 0.172. The van der Waals surface area contributed by atoms with E-state index in [0.717, 1.165) is 24.2 Å². The van der Waals surface area contributed by atoms with Gasteiger partial charge in [0.1, 0.15) is 0 Å². The molecule has 2 nitrogen and oxygen atoms in total. The van der Waals surface area contributed by atoms with Gasteiger partial charge in [-0.3, -0.25) is 9.97 Å². The summed E-state index contributed by atoms with van der Waals surface area (Å²) in [4.78, 5) is 8.47. The largest absolute Gasteiger partial charge is 0.258 e. The molecular weight excluding hydrogens is 196 g/mol. The third-order valence-electron chi connectivity index (χ3n) is 2.12. The Balaban J connectivity index is 2.56. The standard InChI is InChI=1S/C11H17ClN2/c1-8(2)6-10(12)7-11-9(3)13-4-5-14-11/h4-5,8,10H,6-7H2,1-3H3. The van der Waals surface area contributed by atoms with E-state index in [1.54, 1.807) is 12.4 Å². The van der Waals surface area contributed by atoms with Crippen LogP contribution in [0.2, 0.25) is 0 Å². The normalized spacial score (nSPS) is 13.2. The van der Waals surface area contributed by atoms with Gasteiger partial charge in [-0.05, 0) is 19.3 Å². The number of hydrogen-bond acceptors (Lipinski definition) is 2. The Morgan fingerprint density at radius 2 is 1.93 bits per heavy atom. The van der Waals surface area contributed by atoms with Crippen molar-refractivity contribution in [1.82, 2.24) is 9.97 Å². The van der Waals surface area contributed by atoms with Gasteiger partial charge in [-0.25, -0.2) is 0 Å². The molecule has 0 aliphatic rings. The summed E-state index contributed by atoms with van der Waals surface area (Å²) in [6.07, 6.45) is 5.28. The number of halogens is 1. The third-order valence-corrected chi connectivity index (χ3v) is 2.46. The van der Waals surface area contributed by atoms with E-state index in [1.165, 1.54) is 0 Å². The molecule has 1 aromatic rings. The fourth-order valence-corrected chi connectivity index (χ4v) is 1.94. The van der Waals surface area contributed by atoms with Crippen LogP contribution < -0.4 is 0 Å². The van der Waals surface area contributed by atoms with Crippen molar-refractivity contribution in [3.63, 3.8) is 0 Å². The molecule has 0 fully saturated rings. The minimum Gasteiger partial charge on any atom is -0.258 e. The molecule has 3 heteroatoms. The van der Waals surface area contributed by atoms with Gasteiger partial charge in [0.15, 0.2) is 0 Å². The maximum atomic E-state index is 6.21. The molecule has 1 rings (SSSR count). The molecule has 0 amide bonds. The molecule has 14 heavy (non-hydrogen) atoms. The highest BCUT2D eigenvalue weighted by atomic mass is 35.5. The van der Waals surface area contributed by atoms with Gasteiger partial charge < -0.3 is 0 Å². The second-order valence-corrected chi connectivity index (χ2v) is 4.64. The zero-order valence-electron chi connectivity index (χ0n) is 9.00. The first-order chi connectivity index (χ1) is 6.59. The molecule has 0 radical (unpaired) electrons. The zero-order valence-corrected chi connectivity index (χ0v) is 9.75. The van der Waals surface area contributed by atoms with E-state index >= 15 is 0 Å². The molecule has 0 aliphatic carbocycles. The molecule has 1 atom stereocenters. The number of nitrogens with zero attached hydrogens (tertiary/aromatic N) is 2. The van der Waals surface area contributed by atoms with E-state index in [9.17, 15) is 0 Å². The number of rotatable bonds is 4. The summed E-state index contributed by atoms with van der Waals surface area (Å²) in [6, 6.07) is 0. The van der Waals surface area contributed by atoms with Crippen LogP contribution in [0, 0.1) is 12.8 Å². The fraction of sp³-hybridized carbons (Fsp3) is 0.636. The number of aromatic nitrogens is 2. The molecular formula is C11H17ClN2. The first-order valence-corrected chi connectivity index (χ1v) is 5.43. The molecule has 0 saturated heterocycles. The van der Waals surface area contributed by atoms with Crippen molar-refractivity contribution < 1.29 is 0 Å². The van der Waals surface area contributed by atoms with Gasteiger partial charge in [-0.2, -0.15) is 0 Å². The van der Waals surface area contributed by atoms with E-state index < -0.39 is 0 Å². The lowest BCUT2D eigenvalue weighted by Gasteiger charge is -2.12. The van der Waals surface area contributed by atoms with Crippen LogP contribution in [0.5, 0.6) is 0 Å². The number of hydrogen-bond donors (Lipinski definition) is 0. The van der Waals surface area contributed by atoms with Crippen molar-refractivity contribution in [3.8, 4) is 0 Å². The van der Waals surface area contributed by atoms with E-state index in [2.05, 4.69) is 23.8 Å². The minimum absolute atomic E-state index is 0.172. The number of alkyl halides is 1. The van der Waals surface area contributed by atoms with E-state index in [4.69, 9.17) is 11.6 Å². The van der Waals surface area contributed by atoms with Crippen molar-refractivity contribution in [3.05, 3.63) is 23.8 Å². The lowest BCUT2D eigenvalue weighted by atomic mass is 10.0. The van der Waals surface area contributed by atoms with Crippen molar-refractivity contribution >= 4 is 11.6 Å². The molecule has 0 saturated carbocycles. The Kier molecular flexibility index (Phi) is 4.33. The zero-order chi connectivity index (χ0) is 10.6. The summed E-state index contributed by atoms with van der Waals surface area (Å²) in [6.45, 7) is 6.33. The SMILES string of the molecule is Cc1nccnc1CC(Cl)CC(C)C. The molecule has 1 heterocycles. The van der Waals surface area contributed by atoms with E-state index in [0.29, 0.717) is 5.92 Å². The summed E-state index contributed by atoms with van der Waals surface area (Å²) < 4.78 is 0. The predicted octanol–water partition coefficient (Wildman–Crippen LogP) is 2.98. The van der Waals surface area contributed by atoms with Gasteiger partial charge in [0.05, 0.1) is 11.4 Å². The second kappa shape index (κ2) is 5.30. The molecule has 78 valence electrons. The van der Waals surface area contributed by atoms with Crippen LogP contribution >= 0.6 is 11.6 Å². The lowest BCUT2D eigenvalue weighted by Crippen LogP contribution is -2.10. The van der Waals surface area contributed by atoms with Crippen molar-refractivity contribution in [2.24, 2.45) is 5.92 Å². The van der Waals surface area contributed by atoms with Crippen LogP contribution in [0.4, 0.5) is 0 Å².